The molecule has 90 valence electrons. The fourth-order valence-electron chi connectivity index (χ4n) is 1.70. The lowest BCUT2D eigenvalue weighted by Crippen LogP contribution is -2.36. The largest absolute Gasteiger partial charge is 0.329 e. The third-order valence-corrected chi connectivity index (χ3v) is 2.93. The highest BCUT2D eigenvalue weighted by Crippen LogP contribution is 2.10. The van der Waals surface area contributed by atoms with Gasteiger partial charge in [0.1, 0.15) is 5.82 Å². The van der Waals surface area contributed by atoms with Crippen molar-refractivity contribution in [1.29, 1.82) is 0 Å². The molecule has 2 N–H and O–H groups in total. The molecule has 0 amide bonds. The van der Waals surface area contributed by atoms with Gasteiger partial charge in [0, 0.05) is 25.7 Å². The second-order valence-corrected chi connectivity index (χ2v) is 4.14. The fraction of sp³-hybridized carbons (Fsp3) is 0.538. The van der Waals surface area contributed by atoms with E-state index in [1.165, 1.54) is 12.1 Å². The van der Waals surface area contributed by atoms with Crippen molar-refractivity contribution < 1.29 is 4.39 Å². The quantitative estimate of drug-likeness (QED) is 0.804. The van der Waals surface area contributed by atoms with Crippen LogP contribution in [0.4, 0.5) is 4.39 Å². The van der Waals surface area contributed by atoms with E-state index < -0.39 is 0 Å². The fourth-order valence-corrected chi connectivity index (χ4v) is 1.70. The lowest BCUT2D eigenvalue weighted by Gasteiger charge is -2.27. The Labute approximate surface area is 97.3 Å². The highest BCUT2D eigenvalue weighted by molar-refractivity contribution is 5.15. The Balaban J connectivity index is 2.63. The van der Waals surface area contributed by atoms with Gasteiger partial charge in [-0.15, -0.1) is 0 Å². The van der Waals surface area contributed by atoms with Gasteiger partial charge in [-0.2, -0.15) is 0 Å². The summed E-state index contributed by atoms with van der Waals surface area (Å²) in [6, 6.07) is 7.19. The third kappa shape index (κ3) is 3.91. The minimum absolute atomic E-state index is 0.183. The van der Waals surface area contributed by atoms with E-state index in [0.717, 1.165) is 25.1 Å². The van der Waals surface area contributed by atoms with Crippen LogP contribution in [0.1, 0.15) is 25.8 Å². The highest BCUT2D eigenvalue weighted by Gasteiger charge is 2.11. The van der Waals surface area contributed by atoms with Gasteiger partial charge in [-0.05, 0) is 31.0 Å². The van der Waals surface area contributed by atoms with Crippen molar-refractivity contribution >= 4 is 0 Å². The number of rotatable bonds is 6. The van der Waals surface area contributed by atoms with Gasteiger partial charge in [0.25, 0.3) is 0 Å². The van der Waals surface area contributed by atoms with Gasteiger partial charge >= 0.3 is 0 Å². The zero-order chi connectivity index (χ0) is 12.0. The van der Waals surface area contributed by atoms with Crippen LogP contribution in [0.25, 0.3) is 0 Å². The van der Waals surface area contributed by atoms with Crippen LogP contribution >= 0.6 is 0 Å². The minimum atomic E-state index is -0.183. The number of hydrogen-bond donors (Lipinski definition) is 1. The Kier molecular flexibility index (Phi) is 5.43. The summed E-state index contributed by atoms with van der Waals surface area (Å²) in [6.45, 7) is 6.74. The second kappa shape index (κ2) is 6.61. The molecule has 16 heavy (non-hydrogen) atoms. The predicted molar refractivity (Wildman–Crippen MR) is 65.6 cm³/mol. The second-order valence-electron chi connectivity index (χ2n) is 4.14. The summed E-state index contributed by atoms with van der Waals surface area (Å²) in [6.07, 6.45) is 1.10. The molecule has 1 aromatic carbocycles. The molecule has 1 atom stereocenters. The monoisotopic (exact) mass is 224 g/mol. The number of nitrogens with two attached hydrogens (primary N) is 1. The Bertz CT molecular complexity index is 297. The van der Waals surface area contributed by atoms with Gasteiger partial charge in [0.15, 0.2) is 0 Å². The SMILES string of the molecule is CCC(C)N(CCN)Cc1ccc(F)cc1. The molecule has 0 spiro atoms. The van der Waals surface area contributed by atoms with Gasteiger partial charge < -0.3 is 5.73 Å². The van der Waals surface area contributed by atoms with Gasteiger partial charge in [-0.25, -0.2) is 4.39 Å². The van der Waals surface area contributed by atoms with E-state index in [4.69, 9.17) is 5.73 Å². The molecule has 0 aromatic heterocycles. The molecule has 0 heterocycles. The summed E-state index contributed by atoms with van der Waals surface area (Å²) >= 11 is 0. The molecule has 2 nitrogen and oxygen atoms in total. The van der Waals surface area contributed by atoms with Crippen LogP contribution in [0.5, 0.6) is 0 Å². The van der Waals surface area contributed by atoms with E-state index in [1.807, 2.05) is 12.1 Å². The van der Waals surface area contributed by atoms with Crippen molar-refractivity contribution in [1.82, 2.24) is 4.90 Å². The van der Waals surface area contributed by atoms with E-state index in [-0.39, 0.29) is 5.82 Å². The maximum atomic E-state index is 12.8. The third-order valence-electron chi connectivity index (χ3n) is 2.93. The molecule has 0 aliphatic heterocycles. The summed E-state index contributed by atoms with van der Waals surface area (Å²) in [4.78, 5) is 2.33. The first kappa shape index (κ1) is 13.1. The van der Waals surface area contributed by atoms with E-state index in [2.05, 4.69) is 18.7 Å². The van der Waals surface area contributed by atoms with Gasteiger partial charge in [0.2, 0.25) is 0 Å². The van der Waals surface area contributed by atoms with E-state index in [0.29, 0.717) is 12.6 Å². The lowest BCUT2D eigenvalue weighted by atomic mass is 10.1. The summed E-state index contributed by atoms with van der Waals surface area (Å²) in [7, 11) is 0. The first-order valence-corrected chi connectivity index (χ1v) is 5.86. The molecule has 0 aliphatic carbocycles. The molecule has 0 saturated heterocycles. The molecule has 1 unspecified atom stereocenters. The number of benzene rings is 1. The van der Waals surface area contributed by atoms with Crippen LogP contribution < -0.4 is 5.73 Å². The molecule has 0 bridgehead atoms. The first-order chi connectivity index (χ1) is 7.67. The number of hydrogen-bond acceptors (Lipinski definition) is 2. The average Bonchev–Trinajstić information content (AvgIpc) is 2.30. The molecular weight excluding hydrogens is 203 g/mol. The molecule has 0 radical (unpaired) electrons. The van der Waals surface area contributed by atoms with Crippen LogP contribution in [-0.4, -0.2) is 24.0 Å². The van der Waals surface area contributed by atoms with Crippen LogP contribution in [-0.2, 0) is 6.54 Å². The van der Waals surface area contributed by atoms with Gasteiger partial charge in [0.05, 0.1) is 0 Å². The van der Waals surface area contributed by atoms with E-state index >= 15 is 0 Å². The summed E-state index contributed by atoms with van der Waals surface area (Å²) in [5, 5.41) is 0. The van der Waals surface area contributed by atoms with Crippen LogP contribution in [0.2, 0.25) is 0 Å². The number of nitrogens with zero attached hydrogens (tertiary/aromatic N) is 1. The van der Waals surface area contributed by atoms with Crippen molar-refractivity contribution in [3.63, 3.8) is 0 Å². The summed E-state index contributed by atoms with van der Waals surface area (Å²) in [5.41, 5.74) is 6.73. The molecule has 3 heteroatoms. The first-order valence-electron chi connectivity index (χ1n) is 5.86. The zero-order valence-corrected chi connectivity index (χ0v) is 10.1. The smallest absolute Gasteiger partial charge is 0.123 e. The van der Waals surface area contributed by atoms with Crippen molar-refractivity contribution in [2.75, 3.05) is 13.1 Å². The Morgan fingerprint density at radius 2 is 1.94 bits per heavy atom. The van der Waals surface area contributed by atoms with E-state index in [9.17, 15) is 4.39 Å². The standard InChI is InChI=1S/C13H21FN2/c1-3-11(2)16(9-8-15)10-12-4-6-13(14)7-5-12/h4-7,11H,3,8-10,15H2,1-2H3. The maximum Gasteiger partial charge on any atom is 0.123 e. The van der Waals surface area contributed by atoms with Gasteiger partial charge in [-0.3, -0.25) is 4.90 Å². The molecule has 0 fully saturated rings. The summed E-state index contributed by atoms with van der Waals surface area (Å²) < 4.78 is 12.8. The normalized spacial score (nSPS) is 13.1. The van der Waals surface area contributed by atoms with Crippen molar-refractivity contribution in [3.05, 3.63) is 35.6 Å². The highest BCUT2D eigenvalue weighted by atomic mass is 19.1. The van der Waals surface area contributed by atoms with E-state index in [1.54, 1.807) is 0 Å². The van der Waals surface area contributed by atoms with Crippen LogP contribution in [0, 0.1) is 5.82 Å². The molecule has 1 rings (SSSR count). The molecule has 1 aromatic rings. The van der Waals surface area contributed by atoms with Crippen molar-refractivity contribution in [2.45, 2.75) is 32.9 Å². The maximum absolute atomic E-state index is 12.8. The minimum Gasteiger partial charge on any atom is -0.329 e. The molecular formula is C13H21FN2. The predicted octanol–water partition coefficient (Wildman–Crippen LogP) is 2.38. The molecule has 0 saturated carbocycles. The topological polar surface area (TPSA) is 29.3 Å². The van der Waals surface area contributed by atoms with Crippen molar-refractivity contribution in [3.8, 4) is 0 Å². The Morgan fingerprint density at radius 3 is 2.44 bits per heavy atom. The van der Waals surface area contributed by atoms with Crippen LogP contribution in [0.3, 0.4) is 0 Å². The lowest BCUT2D eigenvalue weighted by molar-refractivity contribution is 0.201. The van der Waals surface area contributed by atoms with Gasteiger partial charge in [-0.1, -0.05) is 19.1 Å². The van der Waals surface area contributed by atoms with Crippen LogP contribution in [0.15, 0.2) is 24.3 Å². The average molecular weight is 224 g/mol. The Hall–Kier alpha value is -0.930. The van der Waals surface area contributed by atoms with Crippen molar-refractivity contribution in [2.24, 2.45) is 5.73 Å². The summed E-state index contributed by atoms with van der Waals surface area (Å²) in [5.74, 6) is -0.183. The number of halogens is 1. The molecule has 0 aliphatic rings. The zero-order valence-electron chi connectivity index (χ0n) is 10.1. The Morgan fingerprint density at radius 1 is 1.31 bits per heavy atom.